The molecule has 0 saturated heterocycles. The molecule has 126 valence electrons. The lowest BCUT2D eigenvalue weighted by molar-refractivity contribution is 0.730. The van der Waals surface area contributed by atoms with Crippen LogP contribution >= 0.6 is 24.0 Å². The molecule has 0 unspecified atom stereocenters. The zero-order valence-electron chi connectivity index (χ0n) is 14.4. The Hall–Kier alpha value is -1.57. The summed E-state index contributed by atoms with van der Waals surface area (Å²) >= 11 is 0. The Morgan fingerprint density at radius 1 is 1.35 bits per heavy atom. The highest BCUT2D eigenvalue weighted by Crippen LogP contribution is 2.18. The summed E-state index contributed by atoms with van der Waals surface area (Å²) in [7, 11) is 1.94. The normalized spacial score (nSPS) is 11.5. The van der Waals surface area contributed by atoms with Crippen molar-refractivity contribution in [2.75, 3.05) is 5.32 Å². The van der Waals surface area contributed by atoms with Gasteiger partial charge in [0.05, 0.1) is 12.2 Å². The van der Waals surface area contributed by atoms with Crippen LogP contribution in [0.2, 0.25) is 0 Å². The van der Waals surface area contributed by atoms with E-state index in [-0.39, 0.29) is 24.0 Å². The van der Waals surface area contributed by atoms with Gasteiger partial charge in [-0.1, -0.05) is 26.0 Å². The summed E-state index contributed by atoms with van der Waals surface area (Å²) in [6.07, 6.45) is 0. The second-order valence-electron chi connectivity index (χ2n) is 5.88. The molecule has 0 bridgehead atoms. The second kappa shape index (κ2) is 8.33. The van der Waals surface area contributed by atoms with E-state index in [1.165, 1.54) is 5.56 Å². The molecule has 2 aromatic rings. The monoisotopic (exact) mass is 427 g/mol. The van der Waals surface area contributed by atoms with E-state index in [1.54, 1.807) is 0 Å². The Morgan fingerprint density at radius 3 is 2.61 bits per heavy atom. The first-order chi connectivity index (χ1) is 10.4. The van der Waals surface area contributed by atoms with Crippen molar-refractivity contribution >= 4 is 35.6 Å². The zero-order valence-corrected chi connectivity index (χ0v) is 16.8. The van der Waals surface area contributed by atoms with E-state index < -0.39 is 0 Å². The number of aryl methyl sites for hydroxylation is 2. The molecule has 0 saturated carbocycles. The lowest BCUT2D eigenvalue weighted by Gasteiger charge is -2.10. The van der Waals surface area contributed by atoms with Gasteiger partial charge in [-0.15, -0.1) is 24.0 Å². The van der Waals surface area contributed by atoms with Gasteiger partial charge in [0.2, 0.25) is 0 Å². The van der Waals surface area contributed by atoms with Crippen LogP contribution in [0, 0.1) is 13.8 Å². The first-order valence-corrected chi connectivity index (χ1v) is 7.54. The molecule has 0 radical (unpaired) electrons. The Labute approximate surface area is 155 Å². The molecule has 1 aromatic carbocycles. The summed E-state index contributed by atoms with van der Waals surface area (Å²) in [5.74, 6) is 0.907. The van der Waals surface area contributed by atoms with Crippen molar-refractivity contribution in [2.24, 2.45) is 17.8 Å². The van der Waals surface area contributed by atoms with Crippen molar-refractivity contribution in [1.82, 2.24) is 9.78 Å². The standard InChI is InChI=1S/C17H25N5.HI/c1-11(2)14-7-6-8-15(9-14)20-17(18)19-10-16-12(3)21-22(5)13(16)4;/h6-9,11H,10H2,1-5H3,(H3,18,19,20);1H. The molecule has 1 aromatic heterocycles. The molecule has 2 rings (SSSR count). The fraction of sp³-hybridized carbons (Fsp3) is 0.412. The Morgan fingerprint density at radius 2 is 2.04 bits per heavy atom. The van der Waals surface area contributed by atoms with Crippen LogP contribution in [-0.4, -0.2) is 15.7 Å². The Kier molecular flexibility index (Phi) is 7.05. The van der Waals surface area contributed by atoms with E-state index in [1.807, 2.05) is 37.7 Å². The number of hydrogen-bond acceptors (Lipinski definition) is 2. The van der Waals surface area contributed by atoms with Crippen LogP contribution in [0.25, 0.3) is 0 Å². The number of anilines is 1. The summed E-state index contributed by atoms with van der Waals surface area (Å²) in [4.78, 5) is 4.43. The summed E-state index contributed by atoms with van der Waals surface area (Å²) in [5, 5.41) is 7.54. The molecule has 1 heterocycles. The van der Waals surface area contributed by atoms with E-state index in [2.05, 4.69) is 41.4 Å². The number of rotatable bonds is 4. The number of nitrogens with zero attached hydrogens (tertiary/aromatic N) is 3. The minimum atomic E-state index is 0. The molecule has 3 N–H and O–H groups in total. The molecule has 0 fully saturated rings. The van der Waals surface area contributed by atoms with E-state index in [4.69, 9.17) is 5.73 Å². The largest absolute Gasteiger partial charge is 0.370 e. The maximum atomic E-state index is 6.00. The Balaban J connectivity index is 0.00000264. The molecule has 0 aliphatic heterocycles. The van der Waals surface area contributed by atoms with Crippen LogP contribution in [0.1, 0.15) is 42.3 Å². The molecule has 0 aliphatic carbocycles. The van der Waals surface area contributed by atoms with Crippen molar-refractivity contribution in [3.05, 3.63) is 46.8 Å². The van der Waals surface area contributed by atoms with Gasteiger partial charge in [0, 0.05) is 24.0 Å². The van der Waals surface area contributed by atoms with Crippen molar-refractivity contribution in [1.29, 1.82) is 0 Å². The average Bonchev–Trinajstić information content (AvgIpc) is 2.70. The molecular formula is C17H26IN5. The molecule has 0 aliphatic rings. The third-order valence-corrected chi connectivity index (χ3v) is 3.89. The van der Waals surface area contributed by atoms with Gasteiger partial charge in [0.25, 0.3) is 0 Å². The van der Waals surface area contributed by atoms with E-state index in [0.717, 1.165) is 22.6 Å². The van der Waals surface area contributed by atoms with Crippen molar-refractivity contribution < 1.29 is 0 Å². The fourth-order valence-corrected chi connectivity index (χ4v) is 2.37. The molecular weight excluding hydrogens is 401 g/mol. The third kappa shape index (κ3) is 4.95. The number of hydrogen-bond donors (Lipinski definition) is 2. The zero-order chi connectivity index (χ0) is 16.3. The van der Waals surface area contributed by atoms with Crippen LogP contribution in [0.15, 0.2) is 29.3 Å². The van der Waals surface area contributed by atoms with Gasteiger partial charge in [0.1, 0.15) is 0 Å². The molecule has 6 heteroatoms. The maximum absolute atomic E-state index is 6.00. The SMILES string of the molecule is Cc1nn(C)c(C)c1CN=C(N)Nc1cccc(C(C)C)c1.I. The predicted octanol–water partition coefficient (Wildman–Crippen LogP) is 3.71. The number of nitrogens with one attached hydrogen (secondary N) is 1. The van der Waals surface area contributed by atoms with E-state index >= 15 is 0 Å². The minimum absolute atomic E-state index is 0. The molecule has 23 heavy (non-hydrogen) atoms. The number of nitrogens with two attached hydrogens (primary N) is 1. The number of aromatic nitrogens is 2. The molecule has 0 atom stereocenters. The predicted molar refractivity (Wildman–Crippen MR) is 108 cm³/mol. The minimum Gasteiger partial charge on any atom is -0.370 e. The molecule has 5 nitrogen and oxygen atoms in total. The van der Waals surface area contributed by atoms with E-state index in [9.17, 15) is 0 Å². The highest BCUT2D eigenvalue weighted by Gasteiger charge is 2.08. The highest BCUT2D eigenvalue weighted by atomic mass is 127. The topological polar surface area (TPSA) is 68.2 Å². The first-order valence-electron chi connectivity index (χ1n) is 7.54. The highest BCUT2D eigenvalue weighted by molar-refractivity contribution is 14.0. The van der Waals surface area contributed by atoms with Crippen LogP contribution in [-0.2, 0) is 13.6 Å². The lowest BCUT2D eigenvalue weighted by Crippen LogP contribution is -2.22. The second-order valence-corrected chi connectivity index (χ2v) is 5.88. The maximum Gasteiger partial charge on any atom is 0.193 e. The third-order valence-electron chi connectivity index (χ3n) is 3.89. The summed E-state index contributed by atoms with van der Waals surface area (Å²) in [5.41, 5.74) is 11.5. The summed E-state index contributed by atoms with van der Waals surface area (Å²) in [6.45, 7) is 8.91. The summed E-state index contributed by atoms with van der Waals surface area (Å²) < 4.78 is 1.87. The molecule has 0 amide bonds. The van der Waals surface area contributed by atoms with Crippen molar-refractivity contribution in [3.63, 3.8) is 0 Å². The molecule has 0 spiro atoms. The Bertz CT molecular complexity index is 688. The lowest BCUT2D eigenvalue weighted by atomic mass is 10.0. The van der Waals surface area contributed by atoms with Crippen molar-refractivity contribution in [2.45, 2.75) is 40.2 Å². The fourth-order valence-electron chi connectivity index (χ4n) is 2.37. The smallest absolute Gasteiger partial charge is 0.193 e. The quantitative estimate of drug-likeness (QED) is 0.444. The van der Waals surface area contributed by atoms with Gasteiger partial charge in [-0.25, -0.2) is 4.99 Å². The number of halogens is 1. The van der Waals surface area contributed by atoms with Crippen LogP contribution in [0.4, 0.5) is 5.69 Å². The summed E-state index contributed by atoms with van der Waals surface area (Å²) in [6, 6.07) is 8.24. The van der Waals surface area contributed by atoms with Crippen LogP contribution in [0.3, 0.4) is 0 Å². The van der Waals surface area contributed by atoms with Gasteiger partial charge < -0.3 is 11.1 Å². The van der Waals surface area contributed by atoms with Crippen LogP contribution < -0.4 is 11.1 Å². The average molecular weight is 427 g/mol. The first kappa shape index (κ1) is 19.5. The van der Waals surface area contributed by atoms with Crippen molar-refractivity contribution in [3.8, 4) is 0 Å². The van der Waals surface area contributed by atoms with Gasteiger partial charge >= 0.3 is 0 Å². The van der Waals surface area contributed by atoms with E-state index in [0.29, 0.717) is 18.4 Å². The van der Waals surface area contributed by atoms with Crippen LogP contribution in [0.5, 0.6) is 0 Å². The number of benzene rings is 1. The van der Waals surface area contributed by atoms with Gasteiger partial charge in [-0.05, 0) is 37.5 Å². The van der Waals surface area contributed by atoms with Gasteiger partial charge in [-0.2, -0.15) is 5.10 Å². The number of guanidine groups is 1. The van der Waals surface area contributed by atoms with Gasteiger partial charge in [-0.3, -0.25) is 4.68 Å². The number of aliphatic imine (C=N–C) groups is 1. The van der Waals surface area contributed by atoms with Gasteiger partial charge in [0.15, 0.2) is 5.96 Å².